The maximum atomic E-state index is 12.5. The summed E-state index contributed by atoms with van der Waals surface area (Å²) >= 11 is 0. The van der Waals surface area contributed by atoms with Crippen molar-refractivity contribution < 1.29 is 23.8 Å². The minimum Gasteiger partial charge on any atom is -0.497 e. The van der Waals surface area contributed by atoms with Crippen molar-refractivity contribution in [3.8, 4) is 11.5 Å². The van der Waals surface area contributed by atoms with Crippen LogP contribution in [0.15, 0.2) is 24.3 Å². The summed E-state index contributed by atoms with van der Waals surface area (Å²) in [5, 5.41) is 0. The van der Waals surface area contributed by atoms with Crippen molar-refractivity contribution >= 4 is 11.9 Å². The van der Waals surface area contributed by atoms with Gasteiger partial charge in [0.05, 0.1) is 20.1 Å². The second kappa shape index (κ2) is 12.1. The Morgan fingerprint density at radius 2 is 1.81 bits per heavy atom. The lowest BCUT2D eigenvalue weighted by Gasteiger charge is -2.23. The molecule has 0 aliphatic heterocycles. The number of hydrogen-bond acceptors (Lipinski definition) is 6. The van der Waals surface area contributed by atoms with E-state index in [0.717, 1.165) is 13.0 Å². The van der Waals surface area contributed by atoms with Gasteiger partial charge in [-0.2, -0.15) is 0 Å². The van der Waals surface area contributed by atoms with Crippen LogP contribution < -0.4 is 9.47 Å². The van der Waals surface area contributed by atoms with Gasteiger partial charge in [-0.25, -0.2) is 0 Å². The molecule has 1 aromatic carbocycles. The van der Waals surface area contributed by atoms with E-state index < -0.39 is 0 Å². The average molecular weight is 366 g/mol. The molecule has 1 amide bonds. The Bertz CT molecular complexity index is 563. The van der Waals surface area contributed by atoms with Crippen LogP contribution in [0, 0.1) is 0 Å². The molecule has 0 saturated carbocycles. The van der Waals surface area contributed by atoms with Crippen LogP contribution in [-0.2, 0) is 14.3 Å². The standard InChI is InChI=1S/C19H30N2O5/c1-5-25-19(23)10-13-21(12-7-11-20(2)3)18(22)15-26-17-9-6-8-16(14-17)24-4/h6,8-9,14H,5,7,10-13,15H2,1-4H3. The number of rotatable bonds is 12. The Morgan fingerprint density at radius 1 is 1.08 bits per heavy atom. The Kier molecular flexibility index (Phi) is 10.2. The summed E-state index contributed by atoms with van der Waals surface area (Å²) in [6.45, 7) is 3.77. The smallest absolute Gasteiger partial charge is 0.307 e. The summed E-state index contributed by atoms with van der Waals surface area (Å²) in [4.78, 5) is 27.8. The number of carbonyl (C=O) groups is 2. The van der Waals surface area contributed by atoms with E-state index in [0.29, 0.717) is 31.2 Å². The van der Waals surface area contributed by atoms with Crippen LogP contribution >= 0.6 is 0 Å². The van der Waals surface area contributed by atoms with Crippen LogP contribution in [0.1, 0.15) is 19.8 Å². The predicted octanol–water partition coefficient (Wildman–Crippen LogP) is 1.81. The maximum Gasteiger partial charge on any atom is 0.307 e. The molecule has 1 rings (SSSR count). The van der Waals surface area contributed by atoms with E-state index in [1.54, 1.807) is 37.1 Å². The molecule has 0 spiro atoms. The highest BCUT2D eigenvalue weighted by Crippen LogP contribution is 2.18. The average Bonchev–Trinajstić information content (AvgIpc) is 2.62. The van der Waals surface area contributed by atoms with Crippen LogP contribution in [0.2, 0.25) is 0 Å². The minimum absolute atomic E-state index is 0.0854. The second-order valence-corrected chi connectivity index (χ2v) is 6.06. The number of benzene rings is 1. The van der Waals surface area contributed by atoms with Gasteiger partial charge in [0.1, 0.15) is 11.5 Å². The van der Waals surface area contributed by atoms with E-state index in [2.05, 4.69) is 4.90 Å². The number of ether oxygens (including phenoxy) is 3. The first-order valence-corrected chi connectivity index (χ1v) is 8.81. The van der Waals surface area contributed by atoms with Crippen LogP contribution in [0.5, 0.6) is 11.5 Å². The van der Waals surface area contributed by atoms with E-state index in [1.165, 1.54) is 0 Å². The van der Waals surface area contributed by atoms with Crippen LogP contribution in [-0.4, -0.2) is 75.7 Å². The summed E-state index contributed by atoms with van der Waals surface area (Å²) in [6.07, 6.45) is 1.00. The van der Waals surface area contributed by atoms with Crippen molar-refractivity contribution in [1.29, 1.82) is 0 Å². The molecule has 26 heavy (non-hydrogen) atoms. The third kappa shape index (κ3) is 8.71. The highest BCUT2D eigenvalue weighted by Gasteiger charge is 2.16. The lowest BCUT2D eigenvalue weighted by molar-refractivity contribution is -0.144. The molecule has 146 valence electrons. The summed E-state index contributed by atoms with van der Waals surface area (Å²) < 4.78 is 15.7. The first-order chi connectivity index (χ1) is 12.5. The predicted molar refractivity (Wildman–Crippen MR) is 99.5 cm³/mol. The summed E-state index contributed by atoms with van der Waals surface area (Å²) in [6, 6.07) is 7.10. The zero-order valence-corrected chi connectivity index (χ0v) is 16.2. The van der Waals surface area contributed by atoms with Crippen molar-refractivity contribution in [3.05, 3.63) is 24.3 Å². The Labute approximate surface area is 155 Å². The van der Waals surface area contributed by atoms with Gasteiger partial charge >= 0.3 is 5.97 Å². The molecule has 0 unspecified atom stereocenters. The molecule has 0 atom stereocenters. The van der Waals surface area contributed by atoms with Gasteiger partial charge < -0.3 is 24.0 Å². The van der Waals surface area contributed by atoms with E-state index in [9.17, 15) is 9.59 Å². The minimum atomic E-state index is -0.299. The van der Waals surface area contributed by atoms with Gasteiger partial charge in [0.15, 0.2) is 6.61 Å². The molecule has 7 heteroatoms. The highest BCUT2D eigenvalue weighted by atomic mass is 16.5. The van der Waals surface area contributed by atoms with Crippen LogP contribution in [0.25, 0.3) is 0 Å². The Balaban J connectivity index is 2.58. The molecule has 0 heterocycles. The topological polar surface area (TPSA) is 68.3 Å². The summed E-state index contributed by atoms with van der Waals surface area (Å²) in [5.41, 5.74) is 0. The zero-order valence-electron chi connectivity index (χ0n) is 16.2. The third-order valence-corrected chi connectivity index (χ3v) is 3.68. The molecule has 0 saturated heterocycles. The third-order valence-electron chi connectivity index (χ3n) is 3.68. The molecule has 7 nitrogen and oxygen atoms in total. The second-order valence-electron chi connectivity index (χ2n) is 6.06. The molecule has 0 fully saturated rings. The first-order valence-electron chi connectivity index (χ1n) is 8.81. The van der Waals surface area contributed by atoms with Gasteiger partial charge in [0.2, 0.25) is 0 Å². The van der Waals surface area contributed by atoms with E-state index in [-0.39, 0.29) is 24.9 Å². The number of methoxy groups -OCH3 is 1. The lowest BCUT2D eigenvalue weighted by atomic mass is 10.3. The summed E-state index contributed by atoms with van der Waals surface area (Å²) in [7, 11) is 5.54. The number of amides is 1. The van der Waals surface area contributed by atoms with Crippen LogP contribution in [0.3, 0.4) is 0 Å². The molecule has 0 aliphatic carbocycles. The maximum absolute atomic E-state index is 12.5. The van der Waals surface area contributed by atoms with E-state index in [4.69, 9.17) is 14.2 Å². The summed E-state index contributed by atoms with van der Waals surface area (Å²) in [5.74, 6) is 0.777. The van der Waals surface area contributed by atoms with Gasteiger partial charge in [-0.1, -0.05) is 6.07 Å². The number of esters is 1. The van der Waals surface area contributed by atoms with E-state index >= 15 is 0 Å². The molecule has 0 radical (unpaired) electrons. The van der Waals surface area contributed by atoms with Crippen molar-refractivity contribution in [3.63, 3.8) is 0 Å². The highest BCUT2D eigenvalue weighted by molar-refractivity contribution is 5.78. The zero-order chi connectivity index (χ0) is 19.4. The van der Waals surface area contributed by atoms with Gasteiger partial charge in [0, 0.05) is 19.2 Å². The van der Waals surface area contributed by atoms with Crippen molar-refractivity contribution in [2.45, 2.75) is 19.8 Å². The largest absolute Gasteiger partial charge is 0.497 e. The monoisotopic (exact) mass is 366 g/mol. The number of hydrogen-bond donors (Lipinski definition) is 0. The normalized spacial score (nSPS) is 10.5. The molecule has 0 bridgehead atoms. The quantitative estimate of drug-likeness (QED) is 0.526. The van der Waals surface area contributed by atoms with E-state index in [1.807, 2.05) is 20.2 Å². The fraction of sp³-hybridized carbons (Fsp3) is 0.579. The lowest BCUT2D eigenvalue weighted by Crippen LogP contribution is -2.38. The van der Waals surface area contributed by atoms with Gasteiger partial charge in [-0.05, 0) is 46.1 Å². The molecule has 0 N–H and O–H groups in total. The molecule has 0 aliphatic rings. The number of carbonyl (C=O) groups excluding carboxylic acids is 2. The molecule has 1 aromatic rings. The molecule has 0 aromatic heterocycles. The van der Waals surface area contributed by atoms with Crippen molar-refractivity contribution in [2.24, 2.45) is 0 Å². The fourth-order valence-corrected chi connectivity index (χ4v) is 2.33. The molecular weight excluding hydrogens is 336 g/mol. The SMILES string of the molecule is CCOC(=O)CCN(CCCN(C)C)C(=O)COc1cccc(OC)c1. The van der Waals surface area contributed by atoms with Crippen molar-refractivity contribution in [1.82, 2.24) is 9.80 Å². The fourth-order valence-electron chi connectivity index (χ4n) is 2.33. The van der Waals surface area contributed by atoms with Gasteiger partial charge in [0.25, 0.3) is 5.91 Å². The molecular formula is C19H30N2O5. The van der Waals surface area contributed by atoms with Crippen LogP contribution in [0.4, 0.5) is 0 Å². The van der Waals surface area contributed by atoms with Gasteiger partial charge in [-0.15, -0.1) is 0 Å². The number of nitrogens with zero attached hydrogens (tertiary/aromatic N) is 2. The first kappa shape index (κ1) is 21.8. The Morgan fingerprint density at radius 3 is 2.46 bits per heavy atom. The Hall–Kier alpha value is -2.28. The van der Waals surface area contributed by atoms with Gasteiger partial charge in [-0.3, -0.25) is 9.59 Å². The van der Waals surface area contributed by atoms with Crippen molar-refractivity contribution in [2.75, 3.05) is 54.1 Å².